The lowest BCUT2D eigenvalue weighted by molar-refractivity contribution is -0.127. The number of nitrogens with one attached hydrogen (secondary N) is 1. The van der Waals surface area contributed by atoms with Crippen molar-refractivity contribution in [2.24, 2.45) is 0 Å². The SMILES string of the molecule is CC(Oc1cccc(Cl)c1)C(=O)NCCSCc1ccco1. The quantitative estimate of drug-likeness (QED) is 0.744. The molecule has 0 bridgehead atoms. The van der Waals surface area contributed by atoms with E-state index in [4.69, 9.17) is 20.8 Å². The van der Waals surface area contributed by atoms with Crippen molar-refractivity contribution in [2.45, 2.75) is 18.8 Å². The number of furan rings is 1. The van der Waals surface area contributed by atoms with Crippen LogP contribution in [0.25, 0.3) is 0 Å². The number of halogens is 1. The molecule has 0 saturated heterocycles. The molecule has 0 spiro atoms. The summed E-state index contributed by atoms with van der Waals surface area (Å²) in [4.78, 5) is 11.9. The zero-order valence-corrected chi connectivity index (χ0v) is 13.8. The van der Waals surface area contributed by atoms with Gasteiger partial charge in [0.25, 0.3) is 5.91 Å². The number of rotatable bonds is 8. The first-order valence-electron chi connectivity index (χ1n) is 6.95. The van der Waals surface area contributed by atoms with Gasteiger partial charge in [0.05, 0.1) is 12.0 Å². The maximum Gasteiger partial charge on any atom is 0.260 e. The van der Waals surface area contributed by atoms with Crippen molar-refractivity contribution < 1.29 is 13.9 Å². The van der Waals surface area contributed by atoms with Crippen LogP contribution in [0.3, 0.4) is 0 Å². The summed E-state index contributed by atoms with van der Waals surface area (Å²) >= 11 is 7.58. The molecule has 1 aromatic carbocycles. The number of carbonyl (C=O) groups excluding carboxylic acids is 1. The topological polar surface area (TPSA) is 51.5 Å². The third kappa shape index (κ3) is 5.66. The van der Waals surface area contributed by atoms with E-state index in [2.05, 4.69) is 5.32 Å². The van der Waals surface area contributed by atoms with Gasteiger partial charge in [-0.1, -0.05) is 17.7 Å². The molecule has 4 nitrogen and oxygen atoms in total. The molecule has 0 fully saturated rings. The predicted molar refractivity (Wildman–Crippen MR) is 89.4 cm³/mol. The highest BCUT2D eigenvalue weighted by molar-refractivity contribution is 7.98. The van der Waals surface area contributed by atoms with Gasteiger partial charge >= 0.3 is 0 Å². The second-order valence-corrected chi connectivity index (χ2v) is 6.18. The fourth-order valence-electron chi connectivity index (χ4n) is 1.76. The van der Waals surface area contributed by atoms with E-state index in [0.29, 0.717) is 17.3 Å². The molecule has 1 N–H and O–H groups in total. The average molecular weight is 340 g/mol. The number of ether oxygens (including phenoxy) is 1. The van der Waals surface area contributed by atoms with Gasteiger partial charge in [-0.15, -0.1) is 0 Å². The van der Waals surface area contributed by atoms with Gasteiger partial charge in [0.1, 0.15) is 11.5 Å². The van der Waals surface area contributed by atoms with Crippen molar-refractivity contribution in [3.8, 4) is 5.75 Å². The molecule has 118 valence electrons. The molecule has 1 unspecified atom stereocenters. The Morgan fingerprint density at radius 1 is 1.41 bits per heavy atom. The van der Waals surface area contributed by atoms with Crippen LogP contribution in [0.5, 0.6) is 5.75 Å². The van der Waals surface area contributed by atoms with E-state index in [-0.39, 0.29) is 5.91 Å². The summed E-state index contributed by atoms with van der Waals surface area (Å²) in [5.74, 6) is 3.00. The monoisotopic (exact) mass is 339 g/mol. The molecule has 1 atom stereocenters. The van der Waals surface area contributed by atoms with Crippen molar-refractivity contribution in [2.75, 3.05) is 12.3 Å². The minimum absolute atomic E-state index is 0.140. The highest BCUT2D eigenvalue weighted by Crippen LogP contribution is 2.18. The Morgan fingerprint density at radius 3 is 3.00 bits per heavy atom. The molecular formula is C16H18ClNO3S. The molecule has 0 aliphatic heterocycles. The number of thioether (sulfide) groups is 1. The lowest BCUT2D eigenvalue weighted by Gasteiger charge is -2.14. The minimum Gasteiger partial charge on any atom is -0.481 e. The molecule has 0 saturated carbocycles. The van der Waals surface area contributed by atoms with E-state index in [1.165, 1.54) is 0 Å². The maximum absolute atomic E-state index is 11.9. The third-order valence-corrected chi connectivity index (χ3v) is 4.06. The van der Waals surface area contributed by atoms with Crippen molar-refractivity contribution in [3.63, 3.8) is 0 Å². The first-order valence-corrected chi connectivity index (χ1v) is 8.48. The van der Waals surface area contributed by atoms with Gasteiger partial charge in [-0.25, -0.2) is 0 Å². The van der Waals surface area contributed by atoms with Crippen molar-refractivity contribution in [1.82, 2.24) is 5.32 Å². The van der Waals surface area contributed by atoms with E-state index in [0.717, 1.165) is 17.3 Å². The van der Waals surface area contributed by atoms with E-state index >= 15 is 0 Å². The number of hydrogen-bond donors (Lipinski definition) is 1. The third-order valence-electron chi connectivity index (χ3n) is 2.85. The molecule has 2 rings (SSSR count). The summed E-state index contributed by atoms with van der Waals surface area (Å²) in [6.45, 7) is 2.31. The molecule has 6 heteroatoms. The Labute approximate surface area is 139 Å². The van der Waals surface area contributed by atoms with E-state index in [9.17, 15) is 4.79 Å². The molecule has 1 aromatic heterocycles. The number of amides is 1. The maximum atomic E-state index is 11.9. The van der Waals surface area contributed by atoms with E-state index < -0.39 is 6.10 Å². The fourth-order valence-corrected chi connectivity index (χ4v) is 2.69. The Bertz CT molecular complexity index is 589. The summed E-state index contributed by atoms with van der Waals surface area (Å²) in [6, 6.07) is 10.8. The highest BCUT2D eigenvalue weighted by Gasteiger charge is 2.14. The van der Waals surface area contributed by atoms with Crippen LogP contribution in [0.1, 0.15) is 12.7 Å². The standard InChI is InChI=1S/C16H18ClNO3S/c1-12(21-14-5-2-4-13(17)10-14)16(19)18-7-9-22-11-15-6-3-8-20-15/h2-6,8,10,12H,7,9,11H2,1H3,(H,18,19). The van der Waals surface area contributed by atoms with Crippen LogP contribution in [0.2, 0.25) is 5.02 Å². The molecule has 1 heterocycles. The second kappa shape index (κ2) is 8.76. The number of carbonyl (C=O) groups is 1. The second-order valence-electron chi connectivity index (χ2n) is 4.64. The summed E-state index contributed by atoms with van der Waals surface area (Å²) in [5, 5.41) is 3.43. The average Bonchev–Trinajstić information content (AvgIpc) is 3.00. The van der Waals surface area contributed by atoms with Gasteiger partial charge in [0.15, 0.2) is 6.10 Å². The van der Waals surface area contributed by atoms with Gasteiger partial charge in [0, 0.05) is 17.3 Å². The van der Waals surface area contributed by atoms with E-state index in [1.807, 2.05) is 12.1 Å². The van der Waals surface area contributed by atoms with Gasteiger partial charge in [-0.3, -0.25) is 4.79 Å². The van der Waals surface area contributed by atoms with E-state index in [1.54, 1.807) is 49.2 Å². The van der Waals surface area contributed by atoms with Crippen LogP contribution in [0.4, 0.5) is 0 Å². The van der Waals surface area contributed by atoms with Crippen LogP contribution < -0.4 is 10.1 Å². The van der Waals surface area contributed by atoms with Crippen LogP contribution >= 0.6 is 23.4 Å². The van der Waals surface area contributed by atoms with Crippen LogP contribution in [0, 0.1) is 0 Å². The minimum atomic E-state index is -0.562. The van der Waals surface area contributed by atoms with Crippen molar-refractivity contribution in [1.29, 1.82) is 0 Å². The van der Waals surface area contributed by atoms with Crippen LogP contribution in [-0.4, -0.2) is 24.3 Å². The van der Waals surface area contributed by atoms with Crippen LogP contribution in [0.15, 0.2) is 47.1 Å². The van der Waals surface area contributed by atoms with Crippen molar-refractivity contribution in [3.05, 3.63) is 53.4 Å². The first-order chi connectivity index (χ1) is 10.6. The normalized spacial score (nSPS) is 11.9. The number of benzene rings is 1. The molecule has 0 aliphatic rings. The molecular weight excluding hydrogens is 322 g/mol. The molecule has 22 heavy (non-hydrogen) atoms. The highest BCUT2D eigenvalue weighted by atomic mass is 35.5. The molecule has 2 aromatic rings. The lowest BCUT2D eigenvalue weighted by atomic mass is 10.3. The predicted octanol–water partition coefficient (Wildman–Crippen LogP) is 3.75. The smallest absolute Gasteiger partial charge is 0.260 e. The number of hydrogen-bond acceptors (Lipinski definition) is 4. The molecule has 1 amide bonds. The Balaban J connectivity index is 1.64. The summed E-state index contributed by atoms with van der Waals surface area (Å²) in [5.41, 5.74) is 0. The summed E-state index contributed by atoms with van der Waals surface area (Å²) in [6.07, 6.45) is 1.10. The Hall–Kier alpha value is -1.59. The Morgan fingerprint density at radius 2 is 2.27 bits per heavy atom. The Kier molecular flexibility index (Phi) is 6.68. The lowest BCUT2D eigenvalue weighted by Crippen LogP contribution is -2.37. The zero-order valence-electron chi connectivity index (χ0n) is 12.3. The van der Waals surface area contributed by atoms with Crippen LogP contribution in [-0.2, 0) is 10.5 Å². The van der Waals surface area contributed by atoms with Gasteiger partial charge in [0.2, 0.25) is 0 Å². The molecule has 0 radical (unpaired) electrons. The van der Waals surface area contributed by atoms with Crippen molar-refractivity contribution >= 4 is 29.3 Å². The van der Waals surface area contributed by atoms with Gasteiger partial charge in [-0.2, -0.15) is 11.8 Å². The first kappa shape index (κ1) is 16.8. The van der Waals surface area contributed by atoms with Gasteiger partial charge in [-0.05, 0) is 37.3 Å². The zero-order chi connectivity index (χ0) is 15.8. The molecule has 0 aliphatic carbocycles. The van der Waals surface area contributed by atoms with Gasteiger partial charge < -0.3 is 14.5 Å². The summed E-state index contributed by atoms with van der Waals surface area (Å²) in [7, 11) is 0. The fraction of sp³-hybridized carbons (Fsp3) is 0.312. The largest absolute Gasteiger partial charge is 0.481 e. The summed E-state index contributed by atoms with van der Waals surface area (Å²) < 4.78 is 10.8.